The van der Waals surface area contributed by atoms with E-state index in [1.54, 1.807) is 6.92 Å². The van der Waals surface area contributed by atoms with E-state index in [0.717, 1.165) is 0 Å². The first-order chi connectivity index (χ1) is 25.6. The fourth-order valence-electron chi connectivity index (χ4n) is 6.15. The molecular formula is C39H30O15. The van der Waals surface area contributed by atoms with E-state index in [9.17, 15) is 28.8 Å². The molecule has 0 fully saturated rings. The molecule has 276 valence electrons. The van der Waals surface area contributed by atoms with Crippen LogP contribution in [0.1, 0.15) is 54.9 Å². The van der Waals surface area contributed by atoms with Crippen molar-refractivity contribution in [3.05, 3.63) is 36.4 Å². The number of hydrogen-bond acceptors (Lipinski definition) is 15. The number of fused-ring (bicyclic) bond motifs is 12. The molecule has 7 rings (SSSR count). The normalized spacial score (nSPS) is 12.1. The molecule has 1 unspecified atom stereocenters. The number of ether oxygens (including phenoxy) is 6. The Balaban J connectivity index is 1.67. The fraction of sp³-hybridized carbons (Fsp3) is 0.231. The maximum atomic E-state index is 13.0. The van der Waals surface area contributed by atoms with Gasteiger partial charge in [0.15, 0.2) is 51.2 Å². The molecule has 3 heterocycles. The zero-order chi connectivity index (χ0) is 38.7. The average molecular weight is 739 g/mol. The summed E-state index contributed by atoms with van der Waals surface area (Å²) in [5.41, 5.74) is 1.13. The topological polar surface area (TPSA) is 197 Å². The van der Waals surface area contributed by atoms with Crippen molar-refractivity contribution >= 4 is 102 Å². The summed E-state index contributed by atoms with van der Waals surface area (Å²) < 4.78 is 52.1. The molecule has 0 saturated carbocycles. The second-order valence-electron chi connectivity index (χ2n) is 12.5. The van der Waals surface area contributed by atoms with Crippen molar-refractivity contribution in [3.8, 4) is 34.5 Å². The van der Waals surface area contributed by atoms with E-state index in [-0.39, 0.29) is 68.0 Å². The summed E-state index contributed by atoms with van der Waals surface area (Å²) in [6.07, 6.45) is 0.489. The summed E-state index contributed by atoms with van der Waals surface area (Å²) in [5, 5.41) is 2.13. The van der Waals surface area contributed by atoms with Crippen molar-refractivity contribution < 1.29 is 70.4 Å². The minimum Gasteiger partial charge on any atom is -0.455 e. The van der Waals surface area contributed by atoms with Crippen molar-refractivity contribution in [2.45, 2.75) is 54.9 Å². The highest BCUT2D eigenvalue weighted by molar-refractivity contribution is 6.36. The summed E-state index contributed by atoms with van der Waals surface area (Å²) in [5.74, 6) is -4.98. The highest BCUT2D eigenvalue weighted by atomic mass is 16.6. The Hall–Kier alpha value is -6.90. The van der Waals surface area contributed by atoms with Crippen LogP contribution in [0.25, 0.3) is 65.8 Å². The maximum absolute atomic E-state index is 13.0. The van der Waals surface area contributed by atoms with Gasteiger partial charge < -0.3 is 41.7 Å². The molecule has 0 radical (unpaired) electrons. The second-order valence-corrected chi connectivity index (χ2v) is 12.5. The zero-order valence-corrected chi connectivity index (χ0v) is 29.9. The highest BCUT2D eigenvalue weighted by Crippen LogP contribution is 2.51. The number of carbonyl (C=O) groups is 6. The molecule has 54 heavy (non-hydrogen) atoms. The Morgan fingerprint density at radius 3 is 0.981 bits per heavy atom. The van der Waals surface area contributed by atoms with Crippen LogP contribution in [0, 0.1) is 5.92 Å². The molecule has 3 aromatic heterocycles. The number of carbonyl (C=O) groups excluding carboxylic acids is 6. The van der Waals surface area contributed by atoms with E-state index < -0.39 is 41.7 Å². The fourth-order valence-corrected chi connectivity index (χ4v) is 6.15. The Morgan fingerprint density at radius 2 is 0.722 bits per heavy atom. The molecule has 7 aromatic rings. The van der Waals surface area contributed by atoms with E-state index >= 15 is 0 Å². The minimum absolute atomic E-state index is 0.0652. The van der Waals surface area contributed by atoms with Crippen LogP contribution in [0.3, 0.4) is 0 Å². The van der Waals surface area contributed by atoms with Crippen LogP contribution in [-0.4, -0.2) is 35.8 Å². The van der Waals surface area contributed by atoms with Gasteiger partial charge in [0.2, 0.25) is 0 Å². The largest absolute Gasteiger partial charge is 0.455 e. The van der Waals surface area contributed by atoms with Crippen molar-refractivity contribution in [2.75, 3.05) is 0 Å². The predicted molar refractivity (Wildman–Crippen MR) is 190 cm³/mol. The van der Waals surface area contributed by atoms with Gasteiger partial charge in [-0.3, -0.25) is 28.8 Å². The molecular weight excluding hydrogens is 708 g/mol. The Kier molecular flexibility index (Phi) is 8.72. The lowest BCUT2D eigenvalue weighted by molar-refractivity contribution is -0.139. The summed E-state index contributed by atoms with van der Waals surface area (Å²) in [6.45, 7) is 9.46. The summed E-state index contributed by atoms with van der Waals surface area (Å²) in [7, 11) is 0. The third-order valence-electron chi connectivity index (χ3n) is 8.44. The second kappa shape index (κ2) is 13.3. The summed E-state index contributed by atoms with van der Waals surface area (Å²) >= 11 is 0. The number of furan rings is 3. The molecule has 1 atom stereocenters. The highest BCUT2D eigenvalue weighted by Gasteiger charge is 2.29. The number of benzene rings is 4. The van der Waals surface area contributed by atoms with E-state index in [0.29, 0.717) is 38.7 Å². The molecule has 15 nitrogen and oxygen atoms in total. The standard InChI is InChI=1S/C39H30O15/c1-8-15(2)39(45)54-29-11-23-26(14-32(29)50-20(7)44)53-38-34-21-9-27(46-16(3)40)30(48-18(5)42)12-24(21)51-36(34)33-22-10-28(47-17(4)41)31(49-19(6)43)13-25(22)52-37(33)35(23)38/h9-15H,8H2,1-7H3. The minimum atomic E-state index is -0.688. The molecule has 0 aliphatic rings. The van der Waals surface area contributed by atoms with Crippen LogP contribution < -0.4 is 28.4 Å². The summed E-state index contributed by atoms with van der Waals surface area (Å²) in [4.78, 5) is 73.4. The van der Waals surface area contributed by atoms with E-state index in [1.165, 1.54) is 71.0 Å². The van der Waals surface area contributed by atoms with E-state index in [1.807, 2.05) is 6.92 Å². The molecule has 15 heteroatoms. The third kappa shape index (κ3) is 6.18. The van der Waals surface area contributed by atoms with Gasteiger partial charge in [0.25, 0.3) is 0 Å². The Labute approximate surface area is 303 Å². The quantitative estimate of drug-likeness (QED) is 0.107. The van der Waals surface area contributed by atoms with Gasteiger partial charge in [0, 0.05) is 69.0 Å². The monoisotopic (exact) mass is 738 g/mol. The molecule has 0 amide bonds. The van der Waals surface area contributed by atoms with E-state index in [2.05, 4.69) is 0 Å². The van der Waals surface area contributed by atoms with Gasteiger partial charge >= 0.3 is 35.8 Å². The first-order valence-electron chi connectivity index (χ1n) is 16.6. The molecule has 0 spiro atoms. The van der Waals surface area contributed by atoms with Gasteiger partial charge in [-0.15, -0.1) is 0 Å². The Morgan fingerprint density at radius 1 is 0.463 bits per heavy atom. The van der Waals surface area contributed by atoms with Gasteiger partial charge in [-0.05, 0) is 24.6 Å². The van der Waals surface area contributed by atoms with Crippen molar-refractivity contribution in [1.29, 1.82) is 0 Å². The lowest BCUT2D eigenvalue weighted by Gasteiger charge is -2.12. The van der Waals surface area contributed by atoms with Gasteiger partial charge in [0.1, 0.15) is 16.7 Å². The van der Waals surface area contributed by atoms with E-state index in [4.69, 9.17) is 41.7 Å². The third-order valence-corrected chi connectivity index (χ3v) is 8.44. The number of hydrogen-bond donors (Lipinski definition) is 0. The zero-order valence-electron chi connectivity index (χ0n) is 29.9. The molecule has 4 aromatic carbocycles. The lowest BCUT2D eigenvalue weighted by atomic mass is 10.0. The number of esters is 6. The smallest absolute Gasteiger partial charge is 0.314 e. The van der Waals surface area contributed by atoms with Crippen LogP contribution in [0.2, 0.25) is 0 Å². The molecule has 0 aliphatic carbocycles. The molecule has 0 bridgehead atoms. The van der Waals surface area contributed by atoms with Gasteiger partial charge in [-0.25, -0.2) is 0 Å². The van der Waals surface area contributed by atoms with Gasteiger partial charge in [-0.2, -0.15) is 0 Å². The van der Waals surface area contributed by atoms with Crippen LogP contribution in [0.4, 0.5) is 0 Å². The molecule has 0 aliphatic heterocycles. The van der Waals surface area contributed by atoms with Crippen LogP contribution in [0.15, 0.2) is 49.6 Å². The van der Waals surface area contributed by atoms with Crippen LogP contribution in [0.5, 0.6) is 34.5 Å². The first kappa shape index (κ1) is 35.5. The number of rotatable bonds is 8. The molecule has 0 N–H and O–H groups in total. The van der Waals surface area contributed by atoms with Crippen molar-refractivity contribution in [2.24, 2.45) is 5.92 Å². The average Bonchev–Trinajstić information content (AvgIpc) is 3.74. The van der Waals surface area contributed by atoms with Crippen molar-refractivity contribution in [1.82, 2.24) is 0 Å². The van der Waals surface area contributed by atoms with Gasteiger partial charge in [-0.1, -0.05) is 13.8 Å². The first-order valence-corrected chi connectivity index (χ1v) is 16.6. The van der Waals surface area contributed by atoms with Crippen LogP contribution in [-0.2, 0) is 28.8 Å². The maximum Gasteiger partial charge on any atom is 0.314 e. The summed E-state index contributed by atoms with van der Waals surface area (Å²) in [6, 6.07) is 8.55. The lowest BCUT2D eigenvalue weighted by Crippen LogP contribution is -2.17. The van der Waals surface area contributed by atoms with Crippen LogP contribution >= 0.6 is 0 Å². The van der Waals surface area contributed by atoms with Crippen molar-refractivity contribution in [3.63, 3.8) is 0 Å². The molecule has 0 saturated heterocycles. The Bertz CT molecular complexity index is 2730. The SMILES string of the molecule is CCC(C)C(=O)Oc1cc2c(cc1OC(C)=O)oc1c3c4cc(OC(C)=O)c(OC(C)=O)cc4oc3c3c4cc(OC(C)=O)c(OC(C)=O)cc4oc3c21. The predicted octanol–water partition coefficient (Wildman–Crippen LogP) is 7.96. The van der Waals surface area contributed by atoms with Gasteiger partial charge in [0.05, 0.1) is 22.1 Å².